The monoisotopic (exact) mass is 285 g/mol. The highest BCUT2D eigenvalue weighted by atomic mass is 127. The molecule has 0 amide bonds. The van der Waals surface area contributed by atoms with Gasteiger partial charge >= 0.3 is 0 Å². The third-order valence-electron chi connectivity index (χ3n) is 2.03. The van der Waals surface area contributed by atoms with Gasteiger partial charge in [-0.15, -0.1) is 0 Å². The number of benzene rings is 1. The molecule has 0 aliphatic rings. The molecule has 2 rings (SSSR count). The standard InChI is InChI=1S/C10H8INO/c1-6-5-9(13)12-10-7(6)3-2-4-8(10)11/h2-5H,1H3,(H,12,13). The Morgan fingerprint density at radius 1 is 1.38 bits per heavy atom. The summed E-state index contributed by atoms with van der Waals surface area (Å²) in [5, 5.41) is 1.12. The van der Waals surface area contributed by atoms with Crippen LogP contribution >= 0.6 is 22.6 Å². The van der Waals surface area contributed by atoms with Crippen LogP contribution in [0.3, 0.4) is 0 Å². The number of hydrogen-bond acceptors (Lipinski definition) is 1. The molecule has 1 N–H and O–H groups in total. The lowest BCUT2D eigenvalue weighted by Crippen LogP contribution is -2.05. The van der Waals surface area contributed by atoms with Crippen LogP contribution in [0.2, 0.25) is 0 Å². The molecule has 0 saturated carbocycles. The van der Waals surface area contributed by atoms with Gasteiger partial charge in [-0.25, -0.2) is 0 Å². The van der Waals surface area contributed by atoms with Crippen LogP contribution in [0.5, 0.6) is 0 Å². The van der Waals surface area contributed by atoms with E-state index in [-0.39, 0.29) is 5.56 Å². The van der Waals surface area contributed by atoms with E-state index >= 15 is 0 Å². The molecule has 0 fully saturated rings. The molecule has 0 aliphatic heterocycles. The average molecular weight is 285 g/mol. The maximum atomic E-state index is 11.2. The summed E-state index contributed by atoms with van der Waals surface area (Å²) in [5.74, 6) is 0. The number of aromatic amines is 1. The van der Waals surface area contributed by atoms with Gasteiger partial charge in [0.15, 0.2) is 0 Å². The molecule has 1 heterocycles. The van der Waals surface area contributed by atoms with Crippen LogP contribution in [0.15, 0.2) is 29.1 Å². The Kier molecular flexibility index (Phi) is 2.11. The fourth-order valence-corrected chi connectivity index (χ4v) is 2.05. The molecular formula is C10H8INO. The van der Waals surface area contributed by atoms with Crippen LogP contribution in [-0.2, 0) is 0 Å². The topological polar surface area (TPSA) is 32.9 Å². The molecule has 0 spiro atoms. The number of pyridine rings is 1. The normalized spacial score (nSPS) is 10.6. The molecule has 2 nitrogen and oxygen atoms in total. The minimum Gasteiger partial charge on any atom is -0.321 e. The lowest BCUT2D eigenvalue weighted by Gasteiger charge is -2.02. The highest BCUT2D eigenvalue weighted by molar-refractivity contribution is 14.1. The van der Waals surface area contributed by atoms with Gasteiger partial charge < -0.3 is 4.98 Å². The molecule has 0 unspecified atom stereocenters. The van der Waals surface area contributed by atoms with Crippen molar-refractivity contribution in [1.82, 2.24) is 4.98 Å². The van der Waals surface area contributed by atoms with Crippen LogP contribution in [0.25, 0.3) is 10.9 Å². The van der Waals surface area contributed by atoms with E-state index in [0.717, 1.165) is 20.0 Å². The van der Waals surface area contributed by atoms with E-state index in [1.165, 1.54) is 0 Å². The zero-order chi connectivity index (χ0) is 9.42. The number of para-hydroxylation sites is 1. The van der Waals surface area contributed by atoms with Crippen molar-refractivity contribution in [1.29, 1.82) is 0 Å². The molecule has 1 aromatic carbocycles. The zero-order valence-electron chi connectivity index (χ0n) is 7.10. The van der Waals surface area contributed by atoms with Gasteiger partial charge in [0.05, 0.1) is 5.52 Å². The summed E-state index contributed by atoms with van der Waals surface area (Å²) in [4.78, 5) is 14.0. The fourth-order valence-electron chi connectivity index (χ4n) is 1.41. The largest absolute Gasteiger partial charge is 0.321 e. The second-order valence-electron chi connectivity index (χ2n) is 2.98. The molecule has 66 valence electrons. The molecule has 2 aromatic rings. The average Bonchev–Trinajstić information content (AvgIpc) is 2.07. The van der Waals surface area contributed by atoms with E-state index in [9.17, 15) is 4.79 Å². The van der Waals surface area contributed by atoms with E-state index in [0.29, 0.717) is 0 Å². The van der Waals surface area contributed by atoms with Crippen molar-refractivity contribution in [3.8, 4) is 0 Å². The Morgan fingerprint density at radius 2 is 2.15 bits per heavy atom. The Morgan fingerprint density at radius 3 is 2.92 bits per heavy atom. The highest BCUT2D eigenvalue weighted by Gasteiger charge is 2.01. The molecule has 1 aromatic heterocycles. The Labute approximate surface area is 89.1 Å². The number of H-pyrrole nitrogens is 1. The maximum Gasteiger partial charge on any atom is 0.248 e. The van der Waals surface area contributed by atoms with Gasteiger partial charge in [0.25, 0.3) is 0 Å². The van der Waals surface area contributed by atoms with Crippen molar-refractivity contribution >= 4 is 33.5 Å². The molecule has 0 radical (unpaired) electrons. The number of aryl methyl sites for hydroxylation is 1. The first-order valence-corrected chi connectivity index (χ1v) is 5.04. The predicted molar refractivity (Wildman–Crippen MR) is 62.0 cm³/mol. The zero-order valence-corrected chi connectivity index (χ0v) is 9.25. The molecule has 3 heteroatoms. The second kappa shape index (κ2) is 3.14. The SMILES string of the molecule is Cc1cc(=O)[nH]c2c(I)cccc12. The van der Waals surface area contributed by atoms with Crippen molar-refractivity contribution in [3.05, 3.63) is 43.8 Å². The van der Waals surface area contributed by atoms with Crippen molar-refractivity contribution in [2.24, 2.45) is 0 Å². The number of hydrogen-bond donors (Lipinski definition) is 1. The summed E-state index contributed by atoms with van der Waals surface area (Å²) < 4.78 is 1.08. The summed E-state index contributed by atoms with van der Waals surface area (Å²) in [6.45, 7) is 1.95. The Bertz CT molecular complexity index is 516. The van der Waals surface area contributed by atoms with Gasteiger partial charge in [0, 0.05) is 15.0 Å². The minimum atomic E-state index is -0.0332. The van der Waals surface area contributed by atoms with Crippen molar-refractivity contribution < 1.29 is 0 Å². The molecule has 0 aliphatic carbocycles. The van der Waals surface area contributed by atoms with E-state index in [1.807, 2.05) is 25.1 Å². The van der Waals surface area contributed by atoms with Crippen LogP contribution in [-0.4, -0.2) is 4.98 Å². The number of fused-ring (bicyclic) bond motifs is 1. The number of aromatic nitrogens is 1. The third kappa shape index (κ3) is 1.48. The van der Waals surface area contributed by atoms with Gasteiger partial charge in [-0.1, -0.05) is 12.1 Å². The smallest absolute Gasteiger partial charge is 0.248 e. The summed E-state index contributed by atoms with van der Waals surface area (Å²) in [6, 6.07) is 7.62. The molecule has 0 saturated heterocycles. The Balaban J connectivity index is 3.03. The summed E-state index contributed by atoms with van der Waals surface area (Å²) in [6.07, 6.45) is 0. The first kappa shape index (κ1) is 8.74. The number of nitrogens with one attached hydrogen (secondary N) is 1. The maximum absolute atomic E-state index is 11.2. The van der Waals surface area contributed by atoms with E-state index in [1.54, 1.807) is 6.07 Å². The van der Waals surface area contributed by atoms with Gasteiger partial charge in [-0.3, -0.25) is 4.79 Å². The minimum absolute atomic E-state index is 0.0332. The van der Waals surface area contributed by atoms with Crippen LogP contribution in [0.4, 0.5) is 0 Å². The molecule has 0 bridgehead atoms. The Hall–Kier alpha value is -0.840. The number of halogens is 1. The lowest BCUT2D eigenvalue weighted by atomic mass is 10.1. The van der Waals surface area contributed by atoms with Crippen LogP contribution < -0.4 is 5.56 Å². The van der Waals surface area contributed by atoms with Crippen LogP contribution in [0, 0.1) is 10.5 Å². The first-order valence-electron chi connectivity index (χ1n) is 3.96. The summed E-state index contributed by atoms with van der Waals surface area (Å²) in [5.41, 5.74) is 1.93. The molecular weight excluding hydrogens is 277 g/mol. The number of rotatable bonds is 0. The quantitative estimate of drug-likeness (QED) is 0.741. The molecule has 13 heavy (non-hydrogen) atoms. The third-order valence-corrected chi connectivity index (χ3v) is 2.93. The van der Waals surface area contributed by atoms with Crippen molar-refractivity contribution in [3.63, 3.8) is 0 Å². The van der Waals surface area contributed by atoms with E-state index < -0.39 is 0 Å². The van der Waals surface area contributed by atoms with E-state index in [2.05, 4.69) is 27.6 Å². The summed E-state index contributed by atoms with van der Waals surface area (Å²) >= 11 is 2.22. The van der Waals surface area contributed by atoms with Gasteiger partial charge in [0.1, 0.15) is 0 Å². The molecule has 0 atom stereocenters. The van der Waals surface area contributed by atoms with Crippen molar-refractivity contribution in [2.45, 2.75) is 6.92 Å². The van der Waals surface area contributed by atoms with Crippen molar-refractivity contribution in [2.75, 3.05) is 0 Å². The highest BCUT2D eigenvalue weighted by Crippen LogP contribution is 2.19. The second-order valence-corrected chi connectivity index (χ2v) is 4.14. The predicted octanol–water partition coefficient (Wildman–Crippen LogP) is 2.44. The van der Waals surface area contributed by atoms with Gasteiger partial charge in [0.2, 0.25) is 5.56 Å². The van der Waals surface area contributed by atoms with Crippen LogP contribution in [0.1, 0.15) is 5.56 Å². The van der Waals surface area contributed by atoms with Gasteiger partial charge in [-0.2, -0.15) is 0 Å². The summed E-state index contributed by atoms with van der Waals surface area (Å²) in [7, 11) is 0. The van der Waals surface area contributed by atoms with Gasteiger partial charge in [-0.05, 0) is 41.1 Å². The van der Waals surface area contributed by atoms with E-state index in [4.69, 9.17) is 0 Å². The fraction of sp³-hybridized carbons (Fsp3) is 0.100. The first-order chi connectivity index (χ1) is 6.18. The lowest BCUT2D eigenvalue weighted by molar-refractivity contribution is 1.27.